The van der Waals surface area contributed by atoms with Crippen LogP contribution >= 0.6 is 0 Å². The van der Waals surface area contributed by atoms with E-state index in [2.05, 4.69) is 22.1 Å². The third kappa shape index (κ3) is 3.51. The summed E-state index contributed by atoms with van der Waals surface area (Å²) in [6.07, 6.45) is 3.54. The molecule has 0 saturated carbocycles. The van der Waals surface area contributed by atoms with Gasteiger partial charge in [0.1, 0.15) is 0 Å². The predicted molar refractivity (Wildman–Crippen MR) is 72.4 cm³/mol. The lowest BCUT2D eigenvalue weighted by Gasteiger charge is -2.16. The van der Waals surface area contributed by atoms with Gasteiger partial charge in [0.15, 0.2) is 0 Å². The molecule has 1 N–H and O–H groups in total. The van der Waals surface area contributed by atoms with Crippen molar-refractivity contribution in [2.75, 3.05) is 18.5 Å². The van der Waals surface area contributed by atoms with E-state index < -0.39 is 5.97 Å². The van der Waals surface area contributed by atoms with Crippen molar-refractivity contribution in [3.05, 3.63) is 53.9 Å². The van der Waals surface area contributed by atoms with Gasteiger partial charge in [-0.1, -0.05) is 30.3 Å². The van der Waals surface area contributed by atoms with Gasteiger partial charge in [-0.25, -0.2) is 14.8 Å². The number of carboxylic acids is 1. The first kappa shape index (κ1) is 13.0. The number of carboxylic acid groups (broad SMARTS) is 1. The first-order valence-electron chi connectivity index (χ1n) is 5.97. The number of aromatic carboxylic acids is 1. The molecule has 5 nitrogen and oxygen atoms in total. The Labute approximate surface area is 111 Å². The largest absolute Gasteiger partial charge is 0.478 e. The Balaban J connectivity index is 1.96. The van der Waals surface area contributed by atoms with Crippen LogP contribution in [-0.4, -0.2) is 34.6 Å². The van der Waals surface area contributed by atoms with Gasteiger partial charge in [0.05, 0.1) is 5.56 Å². The fourth-order valence-electron chi connectivity index (χ4n) is 1.67. The van der Waals surface area contributed by atoms with Gasteiger partial charge >= 0.3 is 5.97 Å². The molecular weight excluding hydrogens is 242 g/mol. The molecule has 1 aromatic carbocycles. The fourth-order valence-corrected chi connectivity index (χ4v) is 1.67. The second-order valence-electron chi connectivity index (χ2n) is 4.23. The van der Waals surface area contributed by atoms with Gasteiger partial charge in [0.2, 0.25) is 5.95 Å². The summed E-state index contributed by atoms with van der Waals surface area (Å²) in [5.41, 5.74) is 1.34. The minimum absolute atomic E-state index is 0.0974. The Bertz CT molecular complexity index is 540. The molecule has 0 unspecified atom stereocenters. The Morgan fingerprint density at radius 1 is 1.21 bits per heavy atom. The van der Waals surface area contributed by atoms with E-state index in [-0.39, 0.29) is 5.56 Å². The highest BCUT2D eigenvalue weighted by Gasteiger charge is 2.07. The summed E-state index contributed by atoms with van der Waals surface area (Å²) in [5.74, 6) is -0.487. The van der Waals surface area contributed by atoms with E-state index >= 15 is 0 Å². The van der Waals surface area contributed by atoms with E-state index in [1.807, 2.05) is 30.1 Å². The number of hydrogen-bond acceptors (Lipinski definition) is 4. The molecule has 2 rings (SSSR count). The Morgan fingerprint density at radius 2 is 1.84 bits per heavy atom. The van der Waals surface area contributed by atoms with E-state index in [4.69, 9.17) is 5.11 Å². The molecule has 1 aromatic heterocycles. The van der Waals surface area contributed by atoms with Crippen molar-refractivity contribution in [1.82, 2.24) is 9.97 Å². The first-order chi connectivity index (χ1) is 9.16. The molecule has 0 bridgehead atoms. The second kappa shape index (κ2) is 5.95. The van der Waals surface area contributed by atoms with Gasteiger partial charge < -0.3 is 10.0 Å². The average molecular weight is 257 g/mol. The molecule has 0 fully saturated rings. The summed E-state index contributed by atoms with van der Waals surface area (Å²) >= 11 is 0. The fraction of sp³-hybridized carbons (Fsp3) is 0.214. The maximum atomic E-state index is 10.7. The standard InChI is InChI=1S/C14H15N3O2/c1-17(8-7-11-5-3-2-4-6-11)14-15-9-12(10-16-14)13(18)19/h2-6,9-10H,7-8H2,1H3,(H,18,19). The summed E-state index contributed by atoms with van der Waals surface area (Å²) in [6, 6.07) is 10.1. The highest BCUT2D eigenvalue weighted by Crippen LogP contribution is 2.07. The van der Waals surface area contributed by atoms with Gasteiger partial charge in [-0.3, -0.25) is 0 Å². The van der Waals surface area contributed by atoms with Gasteiger partial charge in [-0.15, -0.1) is 0 Å². The minimum Gasteiger partial charge on any atom is -0.478 e. The summed E-state index contributed by atoms with van der Waals surface area (Å²) in [5, 5.41) is 8.77. The molecule has 0 amide bonds. The van der Waals surface area contributed by atoms with E-state index in [1.54, 1.807) is 0 Å². The third-order valence-corrected chi connectivity index (χ3v) is 2.81. The Hall–Kier alpha value is -2.43. The monoisotopic (exact) mass is 257 g/mol. The van der Waals surface area contributed by atoms with Gasteiger partial charge in [-0.05, 0) is 12.0 Å². The molecule has 0 spiro atoms. The van der Waals surface area contributed by atoms with Crippen LogP contribution in [0.4, 0.5) is 5.95 Å². The summed E-state index contributed by atoms with van der Waals surface area (Å²) in [6.45, 7) is 0.774. The van der Waals surface area contributed by atoms with Crippen molar-refractivity contribution in [3.63, 3.8) is 0 Å². The number of rotatable bonds is 5. The Morgan fingerprint density at radius 3 is 2.42 bits per heavy atom. The number of hydrogen-bond donors (Lipinski definition) is 1. The van der Waals surface area contributed by atoms with Crippen LogP contribution in [0.1, 0.15) is 15.9 Å². The van der Waals surface area contributed by atoms with Crippen LogP contribution in [0.2, 0.25) is 0 Å². The number of aromatic nitrogens is 2. The third-order valence-electron chi connectivity index (χ3n) is 2.81. The van der Waals surface area contributed by atoms with Crippen molar-refractivity contribution in [2.45, 2.75) is 6.42 Å². The lowest BCUT2D eigenvalue weighted by atomic mass is 10.1. The molecular formula is C14H15N3O2. The van der Waals surface area contributed by atoms with Crippen LogP contribution in [0.25, 0.3) is 0 Å². The number of benzene rings is 1. The SMILES string of the molecule is CN(CCc1ccccc1)c1ncc(C(=O)O)cn1. The smallest absolute Gasteiger partial charge is 0.338 e. The predicted octanol–water partition coefficient (Wildman–Crippen LogP) is 1.85. The van der Waals surface area contributed by atoms with Crippen LogP contribution in [0.15, 0.2) is 42.7 Å². The number of anilines is 1. The van der Waals surface area contributed by atoms with Crippen LogP contribution in [0.3, 0.4) is 0 Å². The zero-order valence-electron chi connectivity index (χ0n) is 10.7. The number of carbonyl (C=O) groups is 1. The normalized spacial score (nSPS) is 10.2. The van der Waals surface area contributed by atoms with Crippen molar-refractivity contribution < 1.29 is 9.90 Å². The van der Waals surface area contributed by atoms with Gasteiger partial charge in [0, 0.05) is 26.0 Å². The molecule has 0 aliphatic rings. The van der Waals surface area contributed by atoms with Gasteiger partial charge in [0.25, 0.3) is 0 Å². The van der Waals surface area contributed by atoms with Crippen molar-refractivity contribution in [3.8, 4) is 0 Å². The van der Waals surface area contributed by atoms with Crippen LogP contribution in [0.5, 0.6) is 0 Å². The molecule has 0 aliphatic heterocycles. The molecule has 0 atom stereocenters. The maximum Gasteiger partial charge on any atom is 0.338 e. The lowest BCUT2D eigenvalue weighted by molar-refractivity contribution is 0.0696. The van der Waals surface area contributed by atoms with Crippen molar-refractivity contribution >= 4 is 11.9 Å². The van der Waals surface area contributed by atoms with E-state index in [0.29, 0.717) is 5.95 Å². The molecule has 0 saturated heterocycles. The second-order valence-corrected chi connectivity index (χ2v) is 4.23. The zero-order valence-corrected chi connectivity index (χ0v) is 10.7. The average Bonchev–Trinajstić information content (AvgIpc) is 2.46. The molecule has 2 aromatic rings. The number of likely N-dealkylation sites (N-methyl/N-ethyl adjacent to an activating group) is 1. The summed E-state index contributed by atoms with van der Waals surface area (Å²) in [7, 11) is 1.89. The first-order valence-corrected chi connectivity index (χ1v) is 5.97. The quantitative estimate of drug-likeness (QED) is 0.885. The summed E-state index contributed by atoms with van der Waals surface area (Å²) < 4.78 is 0. The highest BCUT2D eigenvalue weighted by atomic mass is 16.4. The molecule has 19 heavy (non-hydrogen) atoms. The molecule has 0 aliphatic carbocycles. The molecule has 5 heteroatoms. The topological polar surface area (TPSA) is 66.3 Å². The molecule has 1 heterocycles. The van der Waals surface area contributed by atoms with Crippen LogP contribution < -0.4 is 4.90 Å². The van der Waals surface area contributed by atoms with E-state index in [1.165, 1.54) is 18.0 Å². The van der Waals surface area contributed by atoms with E-state index in [9.17, 15) is 4.79 Å². The maximum absolute atomic E-state index is 10.7. The lowest BCUT2D eigenvalue weighted by Crippen LogP contribution is -2.22. The highest BCUT2D eigenvalue weighted by molar-refractivity contribution is 5.86. The van der Waals surface area contributed by atoms with Crippen molar-refractivity contribution in [2.24, 2.45) is 0 Å². The zero-order chi connectivity index (χ0) is 13.7. The van der Waals surface area contributed by atoms with Crippen LogP contribution in [0, 0.1) is 0 Å². The van der Waals surface area contributed by atoms with Crippen molar-refractivity contribution in [1.29, 1.82) is 0 Å². The minimum atomic E-state index is -1.02. The van der Waals surface area contributed by atoms with Crippen LogP contribution in [-0.2, 0) is 6.42 Å². The molecule has 98 valence electrons. The molecule has 0 radical (unpaired) electrons. The number of nitrogens with zero attached hydrogens (tertiary/aromatic N) is 3. The van der Waals surface area contributed by atoms with E-state index in [0.717, 1.165) is 13.0 Å². The van der Waals surface area contributed by atoms with Gasteiger partial charge in [-0.2, -0.15) is 0 Å². The Kier molecular flexibility index (Phi) is 4.07. The summed E-state index contributed by atoms with van der Waals surface area (Å²) in [4.78, 5) is 20.7.